The van der Waals surface area contributed by atoms with Crippen LogP contribution in [0.2, 0.25) is 0 Å². The fraction of sp³-hybridized carbons (Fsp3) is 0.571. The van der Waals surface area contributed by atoms with Gasteiger partial charge in [0.1, 0.15) is 6.61 Å². The van der Waals surface area contributed by atoms with Gasteiger partial charge >= 0.3 is 0 Å². The van der Waals surface area contributed by atoms with Crippen molar-refractivity contribution in [1.29, 1.82) is 0 Å². The first kappa shape index (κ1) is 9.95. The zero-order valence-electron chi connectivity index (χ0n) is 6.46. The van der Waals surface area contributed by atoms with Gasteiger partial charge in [0.05, 0.1) is 0 Å². The van der Waals surface area contributed by atoms with Crippen LogP contribution < -0.4 is 11.6 Å². The van der Waals surface area contributed by atoms with Gasteiger partial charge < -0.3 is 5.73 Å². The number of carbonyl (C=O) groups is 1. The molecule has 4 N–H and O–H groups in total. The topological polar surface area (TPSA) is 78.3 Å². The van der Waals surface area contributed by atoms with E-state index >= 15 is 0 Å². The van der Waals surface area contributed by atoms with E-state index in [0.29, 0.717) is 6.42 Å². The number of amides is 1. The van der Waals surface area contributed by atoms with E-state index < -0.39 is 0 Å². The summed E-state index contributed by atoms with van der Waals surface area (Å²) in [4.78, 5) is 14.7. The molecule has 4 nitrogen and oxygen atoms in total. The minimum absolute atomic E-state index is 0.186. The molecule has 0 saturated heterocycles. The van der Waals surface area contributed by atoms with Crippen LogP contribution in [0.25, 0.3) is 0 Å². The Morgan fingerprint density at radius 1 is 1.64 bits per heavy atom. The molecule has 0 bridgehead atoms. The Bertz CT molecular complexity index is 181. The largest absolute Gasteiger partial charge is 0.369 e. The van der Waals surface area contributed by atoms with Crippen LogP contribution in [-0.4, -0.2) is 12.5 Å². The van der Waals surface area contributed by atoms with Crippen molar-refractivity contribution in [3.05, 3.63) is 0 Å². The summed E-state index contributed by atoms with van der Waals surface area (Å²) < 4.78 is 0. The molecule has 0 aliphatic heterocycles. The lowest BCUT2D eigenvalue weighted by atomic mass is 10.1. The molecule has 0 spiro atoms. The van der Waals surface area contributed by atoms with E-state index in [0.717, 1.165) is 0 Å². The molecule has 0 heterocycles. The molecule has 0 rings (SSSR count). The first-order chi connectivity index (χ1) is 5.18. The summed E-state index contributed by atoms with van der Waals surface area (Å²) in [6.07, 6.45) is 0.457. The van der Waals surface area contributed by atoms with Crippen LogP contribution in [0.4, 0.5) is 0 Å². The Morgan fingerprint density at radius 3 is 2.73 bits per heavy atom. The van der Waals surface area contributed by atoms with E-state index in [1.165, 1.54) is 0 Å². The Kier molecular flexibility index (Phi) is 5.17. The van der Waals surface area contributed by atoms with Crippen molar-refractivity contribution in [2.45, 2.75) is 13.3 Å². The van der Waals surface area contributed by atoms with E-state index in [1.54, 1.807) is 6.92 Å². The number of primary amides is 1. The molecule has 0 fully saturated rings. The second-order valence-electron chi connectivity index (χ2n) is 2.17. The second kappa shape index (κ2) is 5.71. The lowest BCUT2D eigenvalue weighted by Crippen LogP contribution is -2.19. The highest BCUT2D eigenvalue weighted by atomic mass is 16.6. The molecule has 0 aromatic rings. The minimum atomic E-state index is -0.340. The maximum absolute atomic E-state index is 10.5. The monoisotopic (exact) mass is 156 g/mol. The van der Waals surface area contributed by atoms with Gasteiger partial charge in [-0.15, -0.1) is 0 Å². The van der Waals surface area contributed by atoms with E-state index in [9.17, 15) is 4.79 Å². The average Bonchev–Trinajstić information content (AvgIpc) is 1.97. The van der Waals surface area contributed by atoms with Crippen molar-refractivity contribution >= 4 is 5.91 Å². The Morgan fingerprint density at radius 2 is 2.27 bits per heavy atom. The highest BCUT2D eigenvalue weighted by molar-refractivity contribution is 5.76. The molecule has 0 radical (unpaired) electrons. The van der Waals surface area contributed by atoms with Crippen LogP contribution in [0.15, 0.2) is 0 Å². The summed E-state index contributed by atoms with van der Waals surface area (Å²) in [6, 6.07) is 0. The van der Waals surface area contributed by atoms with Crippen molar-refractivity contribution < 1.29 is 9.63 Å². The number of carbonyl (C=O) groups excluding carboxylic acids is 1. The maximum Gasteiger partial charge on any atom is 0.221 e. The third-order valence-electron chi connectivity index (χ3n) is 1.17. The molecule has 0 aliphatic carbocycles. The van der Waals surface area contributed by atoms with Gasteiger partial charge in [0.2, 0.25) is 5.91 Å². The van der Waals surface area contributed by atoms with Gasteiger partial charge in [-0.2, -0.15) is 0 Å². The number of rotatable bonds is 3. The van der Waals surface area contributed by atoms with Gasteiger partial charge in [-0.25, -0.2) is 5.90 Å². The van der Waals surface area contributed by atoms with Crippen molar-refractivity contribution in [2.24, 2.45) is 17.5 Å². The van der Waals surface area contributed by atoms with Crippen molar-refractivity contribution in [3.63, 3.8) is 0 Å². The van der Waals surface area contributed by atoms with Crippen LogP contribution in [0.5, 0.6) is 0 Å². The lowest BCUT2D eigenvalue weighted by molar-refractivity contribution is -0.121. The van der Waals surface area contributed by atoms with E-state index in [4.69, 9.17) is 11.6 Å². The van der Waals surface area contributed by atoms with Crippen molar-refractivity contribution in [2.75, 3.05) is 6.61 Å². The van der Waals surface area contributed by atoms with E-state index in [1.807, 2.05) is 0 Å². The smallest absolute Gasteiger partial charge is 0.221 e. The van der Waals surface area contributed by atoms with Gasteiger partial charge in [0.25, 0.3) is 0 Å². The Labute approximate surface area is 65.8 Å². The first-order valence-electron chi connectivity index (χ1n) is 3.25. The molecule has 62 valence electrons. The normalized spacial score (nSPS) is 11.5. The third-order valence-corrected chi connectivity index (χ3v) is 1.17. The lowest BCUT2D eigenvalue weighted by Gasteiger charge is -1.98. The van der Waals surface area contributed by atoms with Gasteiger partial charge in [0.15, 0.2) is 0 Å². The SMILES string of the molecule is CC(CC#CCON)C(N)=O. The van der Waals surface area contributed by atoms with Crippen LogP contribution in [0.1, 0.15) is 13.3 Å². The van der Waals surface area contributed by atoms with Gasteiger partial charge in [-0.05, 0) is 0 Å². The Hall–Kier alpha value is -1.05. The van der Waals surface area contributed by atoms with Crippen LogP contribution in [-0.2, 0) is 9.63 Å². The molecule has 1 atom stereocenters. The van der Waals surface area contributed by atoms with Gasteiger partial charge in [-0.1, -0.05) is 18.8 Å². The summed E-state index contributed by atoms with van der Waals surface area (Å²) >= 11 is 0. The van der Waals surface area contributed by atoms with Crippen molar-refractivity contribution in [1.82, 2.24) is 0 Å². The molecule has 4 heteroatoms. The number of nitrogens with two attached hydrogens (primary N) is 2. The Balaban J connectivity index is 3.55. The standard InChI is InChI=1S/C7H12N2O2/c1-6(7(8)10)4-2-3-5-11-9/h6H,4-5,9H2,1H3,(H2,8,10). The summed E-state index contributed by atoms with van der Waals surface area (Å²) in [7, 11) is 0. The molecule has 1 unspecified atom stereocenters. The first-order valence-corrected chi connectivity index (χ1v) is 3.25. The zero-order chi connectivity index (χ0) is 8.69. The highest BCUT2D eigenvalue weighted by Gasteiger charge is 2.04. The fourth-order valence-electron chi connectivity index (χ4n) is 0.419. The third kappa shape index (κ3) is 5.40. The molecule has 0 aromatic carbocycles. The summed E-state index contributed by atoms with van der Waals surface area (Å²) in [5, 5.41) is 0. The van der Waals surface area contributed by atoms with E-state index in [-0.39, 0.29) is 18.4 Å². The maximum atomic E-state index is 10.5. The van der Waals surface area contributed by atoms with Gasteiger partial charge in [0, 0.05) is 12.3 Å². The zero-order valence-corrected chi connectivity index (χ0v) is 6.46. The van der Waals surface area contributed by atoms with Crippen molar-refractivity contribution in [3.8, 4) is 11.8 Å². The fourth-order valence-corrected chi connectivity index (χ4v) is 0.419. The number of hydrogen-bond acceptors (Lipinski definition) is 3. The average molecular weight is 156 g/mol. The second-order valence-corrected chi connectivity index (χ2v) is 2.17. The van der Waals surface area contributed by atoms with Crippen LogP contribution in [0, 0.1) is 17.8 Å². The summed E-state index contributed by atoms with van der Waals surface area (Å²) in [5.74, 6) is 9.49. The van der Waals surface area contributed by atoms with Crippen LogP contribution in [0.3, 0.4) is 0 Å². The molecular formula is C7H12N2O2. The van der Waals surface area contributed by atoms with E-state index in [2.05, 4.69) is 16.7 Å². The molecule has 1 amide bonds. The van der Waals surface area contributed by atoms with Crippen LogP contribution >= 0.6 is 0 Å². The molecule has 11 heavy (non-hydrogen) atoms. The molecular weight excluding hydrogens is 144 g/mol. The predicted molar refractivity (Wildman–Crippen MR) is 40.9 cm³/mol. The van der Waals surface area contributed by atoms with Gasteiger partial charge in [-0.3, -0.25) is 9.63 Å². The summed E-state index contributed by atoms with van der Waals surface area (Å²) in [5.41, 5.74) is 4.99. The highest BCUT2D eigenvalue weighted by Crippen LogP contribution is 1.97. The summed E-state index contributed by atoms with van der Waals surface area (Å²) in [6.45, 7) is 1.91. The predicted octanol–water partition coefficient (Wildman–Crippen LogP) is -0.608. The minimum Gasteiger partial charge on any atom is -0.369 e. The quantitative estimate of drug-likeness (QED) is 0.422. The molecule has 0 aromatic heterocycles. The number of hydrogen-bond donors (Lipinski definition) is 2. The molecule has 0 saturated carbocycles. The molecule has 0 aliphatic rings.